The van der Waals surface area contributed by atoms with E-state index in [0.29, 0.717) is 11.7 Å². The van der Waals surface area contributed by atoms with Gasteiger partial charge in [-0.05, 0) is 36.3 Å². The van der Waals surface area contributed by atoms with Gasteiger partial charge in [-0.3, -0.25) is 0 Å². The quantitative estimate of drug-likeness (QED) is 0.375. The van der Waals surface area contributed by atoms with Crippen LogP contribution >= 0.6 is 0 Å². The molecule has 1 nitrogen and oxygen atoms in total. The highest BCUT2D eigenvalue weighted by molar-refractivity contribution is 5.34. The summed E-state index contributed by atoms with van der Waals surface area (Å²) in [6.45, 7) is 6.92. The van der Waals surface area contributed by atoms with E-state index in [1.165, 1.54) is 76.2 Å². The second kappa shape index (κ2) is 12.4. The molecule has 1 N–H and O–H groups in total. The summed E-state index contributed by atoms with van der Waals surface area (Å²) in [6.07, 6.45) is 14.4. The highest BCUT2D eigenvalue weighted by Crippen LogP contribution is 2.35. The fourth-order valence-corrected chi connectivity index (χ4v) is 3.56. The second-order valence-corrected chi connectivity index (χ2v) is 7.30. The molecule has 0 aliphatic carbocycles. The van der Waals surface area contributed by atoms with E-state index in [2.05, 4.69) is 32.9 Å². The summed E-state index contributed by atoms with van der Waals surface area (Å²) >= 11 is 0. The third kappa shape index (κ3) is 8.44. The number of hydrogen-bond acceptors (Lipinski definition) is 1. The van der Waals surface area contributed by atoms with Crippen molar-refractivity contribution in [2.75, 3.05) is 0 Å². The normalized spacial score (nSPS) is 13.9. The van der Waals surface area contributed by atoms with Crippen LogP contribution in [0, 0.1) is 5.92 Å². The van der Waals surface area contributed by atoms with Crippen molar-refractivity contribution in [3.8, 4) is 5.75 Å². The molecule has 0 radical (unpaired) electrons. The molecule has 0 aliphatic rings. The molecule has 0 fully saturated rings. The fourth-order valence-electron chi connectivity index (χ4n) is 3.56. The number of unbranched alkanes of at least 4 members (excludes halogenated alkanes) is 6. The summed E-state index contributed by atoms with van der Waals surface area (Å²) in [7, 11) is 0. The van der Waals surface area contributed by atoms with Gasteiger partial charge in [0, 0.05) is 0 Å². The van der Waals surface area contributed by atoms with Gasteiger partial charge >= 0.3 is 0 Å². The van der Waals surface area contributed by atoms with E-state index in [0.717, 1.165) is 5.92 Å². The molecule has 0 aromatic heterocycles. The van der Waals surface area contributed by atoms with E-state index in [4.69, 9.17) is 0 Å². The number of phenolic OH excluding ortho intramolecular Hbond substituents is 1. The lowest BCUT2D eigenvalue weighted by Gasteiger charge is -2.22. The molecule has 0 saturated carbocycles. The topological polar surface area (TPSA) is 20.2 Å². The van der Waals surface area contributed by atoms with Gasteiger partial charge in [-0.1, -0.05) is 96.8 Å². The average molecular weight is 319 g/mol. The smallest absolute Gasteiger partial charge is 0.119 e. The van der Waals surface area contributed by atoms with Crippen LogP contribution in [0.25, 0.3) is 0 Å². The number of phenols is 1. The molecular formula is C22H38O. The maximum atomic E-state index is 10.2. The molecule has 1 aromatic carbocycles. The Hall–Kier alpha value is -0.980. The number of para-hydroxylation sites is 1. The number of aromatic hydroxyl groups is 1. The van der Waals surface area contributed by atoms with Crippen molar-refractivity contribution in [2.24, 2.45) is 5.92 Å². The number of benzene rings is 1. The predicted octanol–water partition coefficient (Wildman–Crippen LogP) is 7.44. The minimum atomic E-state index is 0.492. The van der Waals surface area contributed by atoms with Gasteiger partial charge in [-0.15, -0.1) is 0 Å². The zero-order valence-electron chi connectivity index (χ0n) is 15.7. The first-order chi connectivity index (χ1) is 11.2. The van der Waals surface area contributed by atoms with Gasteiger partial charge < -0.3 is 5.11 Å². The van der Waals surface area contributed by atoms with Crippen LogP contribution in [-0.2, 0) is 0 Å². The van der Waals surface area contributed by atoms with Gasteiger partial charge in [-0.25, -0.2) is 0 Å². The zero-order chi connectivity index (χ0) is 16.9. The minimum absolute atomic E-state index is 0.492. The van der Waals surface area contributed by atoms with Crippen molar-refractivity contribution in [1.29, 1.82) is 0 Å². The molecule has 1 aromatic rings. The van der Waals surface area contributed by atoms with E-state index in [1.54, 1.807) is 0 Å². The lowest BCUT2D eigenvalue weighted by atomic mass is 9.83. The lowest BCUT2D eigenvalue weighted by molar-refractivity contribution is 0.389. The molecule has 132 valence electrons. The Morgan fingerprint density at radius 1 is 0.826 bits per heavy atom. The van der Waals surface area contributed by atoms with Gasteiger partial charge in [0.25, 0.3) is 0 Å². The van der Waals surface area contributed by atoms with Crippen molar-refractivity contribution in [3.05, 3.63) is 29.8 Å². The molecule has 0 amide bonds. The Labute approximate surface area is 144 Å². The van der Waals surface area contributed by atoms with Gasteiger partial charge in [0.2, 0.25) is 0 Å². The highest BCUT2D eigenvalue weighted by atomic mass is 16.3. The second-order valence-electron chi connectivity index (χ2n) is 7.30. The van der Waals surface area contributed by atoms with E-state index in [9.17, 15) is 5.11 Å². The fraction of sp³-hybridized carbons (Fsp3) is 0.727. The molecular weight excluding hydrogens is 280 g/mol. The summed E-state index contributed by atoms with van der Waals surface area (Å²) in [5, 5.41) is 10.2. The Morgan fingerprint density at radius 3 is 2.17 bits per heavy atom. The SMILES string of the molecule is CCCCCCCCC(CC(C)CCCC)c1ccccc1O. The summed E-state index contributed by atoms with van der Waals surface area (Å²) in [5.41, 5.74) is 1.17. The molecule has 2 unspecified atom stereocenters. The van der Waals surface area contributed by atoms with Crippen LogP contribution in [0.2, 0.25) is 0 Å². The maximum absolute atomic E-state index is 10.2. The molecule has 0 heterocycles. The Bertz CT molecular complexity index is 399. The molecule has 1 heteroatoms. The van der Waals surface area contributed by atoms with Crippen molar-refractivity contribution < 1.29 is 5.11 Å². The third-order valence-corrected chi connectivity index (χ3v) is 5.02. The summed E-state index contributed by atoms with van der Waals surface area (Å²) in [4.78, 5) is 0. The van der Waals surface area contributed by atoms with E-state index in [-0.39, 0.29) is 0 Å². The Kier molecular flexibility index (Phi) is 10.9. The molecule has 2 atom stereocenters. The van der Waals surface area contributed by atoms with Gasteiger partial charge in [-0.2, -0.15) is 0 Å². The first-order valence-electron chi connectivity index (χ1n) is 9.96. The van der Waals surface area contributed by atoms with Crippen LogP contribution in [0.3, 0.4) is 0 Å². The largest absolute Gasteiger partial charge is 0.508 e. The van der Waals surface area contributed by atoms with E-state index in [1.807, 2.05) is 12.1 Å². The standard InChI is InChI=1S/C22H38O/c1-4-6-8-9-10-11-15-20(18-19(3)14-7-5-2)21-16-12-13-17-22(21)23/h12-13,16-17,19-20,23H,4-11,14-15,18H2,1-3H3. The predicted molar refractivity (Wildman–Crippen MR) is 102 cm³/mol. The lowest BCUT2D eigenvalue weighted by Crippen LogP contribution is -2.06. The van der Waals surface area contributed by atoms with Crippen LogP contribution in [0.15, 0.2) is 24.3 Å². The maximum Gasteiger partial charge on any atom is 0.119 e. The number of hydrogen-bond donors (Lipinski definition) is 1. The zero-order valence-corrected chi connectivity index (χ0v) is 15.7. The summed E-state index contributed by atoms with van der Waals surface area (Å²) in [5.74, 6) is 1.76. The van der Waals surface area contributed by atoms with Crippen LogP contribution in [0.4, 0.5) is 0 Å². The number of rotatable bonds is 13. The van der Waals surface area contributed by atoms with Gasteiger partial charge in [0.1, 0.15) is 5.75 Å². The summed E-state index contributed by atoms with van der Waals surface area (Å²) in [6, 6.07) is 7.98. The van der Waals surface area contributed by atoms with E-state index >= 15 is 0 Å². The van der Waals surface area contributed by atoms with E-state index < -0.39 is 0 Å². The third-order valence-electron chi connectivity index (χ3n) is 5.02. The Morgan fingerprint density at radius 2 is 1.48 bits per heavy atom. The van der Waals surface area contributed by atoms with Crippen LogP contribution < -0.4 is 0 Å². The summed E-state index contributed by atoms with van der Waals surface area (Å²) < 4.78 is 0. The minimum Gasteiger partial charge on any atom is -0.508 e. The van der Waals surface area contributed by atoms with Gasteiger partial charge in [0.15, 0.2) is 0 Å². The van der Waals surface area contributed by atoms with Crippen molar-refractivity contribution in [1.82, 2.24) is 0 Å². The van der Waals surface area contributed by atoms with Crippen molar-refractivity contribution >= 4 is 0 Å². The first-order valence-corrected chi connectivity index (χ1v) is 9.96. The monoisotopic (exact) mass is 318 g/mol. The molecule has 0 spiro atoms. The average Bonchev–Trinajstić information content (AvgIpc) is 2.55. The Balaban J connectivity index is 2.53. The molecule has 0 bridgehead atoms. The van der Waals surface area contributed by atoms with Crippen molar-refractivity contribution in [3.63, 3.8) is 0 Å². The van der Waals surface area contributed by atoms with Crippen LogP contribution in [0.1, 0.15) is 103 Å². The molecule has 0 saturated heterocycles. The molecule has 0 aliphatic heterocycles. The van der Waals surface area contributed by atoms with Crippen LogP contribution in [-0.4, -0.2) is 5.11 Å². The van der Waals surface area contributed by atoms with Crippen molar-refractivity contribution in [2.45, 2.75) is 97.3 Å². The molecule has 23 heavy (non-hydrogen) atoms. The van der Waals surface area contributed by atoms with Gasteiger partial charge in [0.05, 0.1) is 0 Å². The first kappa shape index (κ1) is 20.1. The molecule has 1 rings (SSSR count). The highest BCUT2D eigenvalue weighted by Gasteiger charge is 2.17. The van der Waals surface area contributed by atoms with Crippen LogP contribution in [0.5, 0.6) is 5.75 Å².